The maximum Gasteiger partial charge on any atom is 0.305 e. The monoisotopic (exact) mass is 370 g/mol. The fourth-order valence-electron chi connectivity index (χ4n) is 2.70. The number of amides is 1. The van der Waals surface area contributed by atoms with E-state index in [4.69, 9.17) is 9.84 Å². The van der Waals surface area contributed by atoms with Gasteiger partial charge in [-0.15, -0.1) is 0 Å². The molecule has 0 atom stereocenters. The molecule has 1 saturated heterocycles. The highest BCUT2D eigenvalue weighted by atomic mass is 32.2. The van der Waals surface area contributed by atoms with Gasteiger partial charge < -0.3 is 15.2 Å². The van der Waals surface area contributed by atoms with Crippen LogP contribution >= 0.6 is 0 Å². The third kappa shape index (κ3) is 4.56. The maximum atomic E-state index is 12.5. The van der Waals surface area contributed by atoms with Crippen LogP contribution in [0.2, 0.25) is 0 Å². The Morgan fingerprint density at radius 1 is 1.20 bits per heavy atom. The highest BCUT2D eigenvalue weighted by molar-refractivity contribution is 7.89. The van der Waals surface area contributed by atoms with E-state index in [1.54, 1.807) is 0 Å². The van der Waals surface area contributed by atoms with Gasteiger partial charge in [-0.1, -0.05) is 0 Å². The van der Waals surface area contributed by atoms with Gasteiger partial charge >= 0.3 is 5.97 Å². The molecule has 0 unspecified atom stereocenters. The number of nitrogens with one attached hydrogen (secondary N) is 1. The summed E-state index contributed by atoms with van der Waals surface area (Å²) in [6.45, 7) is 0.765. The molecule has 2 N–H and O–H groups in total. The largest absolute Gasteiger partial charge is 0.481 e. The second-order valence-electron chi connectivity index (χ2n) is 6.23. The van der Waals surface area contributed by atoms with Crippen LogP contribution in [0.3, 0.4) is 0 Å². The van der Waals surface area contributed by atoms with Crippen molar-refractivity contribution >= 4 is 21.9 Å². The van der Waals surface area contributed by atoms with E-state index >= 15 is 0 Å². The summed E-state index contributed by atoms with van der Waals surface area (Å²) in [5.41, 5.74) is -0.579. The van der Waals surface area contributed by atoms with Crippen LogP contribution < -0.4 is 5.32 Å². The van der Waals surface area contributed by atoms with Crippen LogP contribution in [0.1, 0.15) is 29.6 Å². The van der Waals surface area contributed by atoms with Gasteiger partial charge in [0.15, 0.2) is 0 Å². The van der Waals surface area contributed by atoms with Crippen molar-refractivity contribution in [2.45, 2.75) is 29.7 Å². The SMILES string of the molecule is CN(C)S(=O)(=O)c1ccc(C(=O)NC2(CC(=O)O)CCOCC2)cc1. The molecule has 1 aliphatic rings. The Labute approximate surface area is 146 Å². The zero-order valence-electron chi connectivity index (χ0n) is 14.2. The molecule has 0 aromatic heterocycles. The van der Waals surface area contributed by atoms with Gasteiger partial charge in [0.05, 0.1) is 16.9 Å². The third-order valence-corrected chi connectivity index (χ3v) is 6.04. The lowest BCUT2D eigenvalue weighted by atomic mass is 9.86. The van der Waals surface area contributed by atoms with E-state index in [1.165, 1.54) is 38.4 Å². The van der Waals surface area contributed by atoms with Gasteiger partial charge in [-0.3, -0.25) is 9.59 Å². The van der Waals surface area contributed by atoms with E-state index in [9.17, 15) is 18.0 Å². The Morgan fingerprint density at radius 2 is 1.76 bits per heavy atom. The Balaban J connectivity index is 2.18. The summed E-state index contributed by atoms with van der Waals surface area (Å²) < 4.78 is 30.4. The van der Waals surface area contributed by atoms with Crippen molar-refractivity contribution in [3.63, 3.8) is 0 Å². The molecule has 1 aromatic carbocycles. The minimum atomic E-state index is -3.57. The van der Waals surface area contributed by atoms with Crippen LogP contribution in [0.15, 0.2) is 29.2 Å². The first-order chi connectivity index (χ1) is 11.7. The molecule has 1 fully saturated rings. The van der Waals surface area contributed by atoms with Crippen molar-refractivity contribution in [3.8, 4) is 0 Å². The van der Waals surface area contributed by atoms with Gasteiger partial charge in [-0.25, -0.2) is 12.7 Å². The highest BCUT2D eigenvalue weighted by Crippen LogP contribution is 2.25. The molecule has 8 nitrogen and oxygen atoms in total. The molecule has 0 spiro atoms. The van der Waals surface area contributed by atoms with E-state index in [1.807, 2.05) is 0 Å². The third-order valence-electron chi connectivity index (χ3n) is 4.21. The van der Waals surface area contributed by atoms with E-state index < -0.39 is 27.4 Å². The number of ether oxygens (including phenoxy) is 1. The number of carbonyl (C=O) groups is 2. The summed E-state index contributed by atoms with van der Waals surface area (Å²) >= 11 is 0. The fraction of sp³-hybridized carbons (Fsp3) is 0.500. The average molecular weight is 370 g/mol. The van der Waals surface area contributed by atoms with Crippen LogP contribution in [-0.4, -0.2) is 62.6 Å². The van der Waals surface area contributed by atoms with E-state index in [-0.39, 0.29) is 16.9 Å². The number of hydrogen-bond donors (Lipinski definition) is 2. The normalized spacial score (nSPS) is 17.2. The number of rotatable bonds is 6. The lowest BCUT2D eigenvalue weighted by Gasteiger charge is -2.36. The maximum absolute atomic E-state index is 12.5. The quantitative estimate of drug-likeness (QED) is 0.762. The van der Waals surface area contributed by atoms with Crippen molar-refractivity contribution in [1.29, 1.82) is 0 Å². The summed E-state index contributed by atoms with van der Waals surface area (Å²) in [4.78, 5) is 23.7. The number of carboxylic acid groups (broad SMARTS) is 1. The highest BCUT2D eigenvalue weighted by Gasteiger charge is 2.36. The van der Waals surface area contributed by atoms with Crippen LogP contribution in [-0.2, 0) is 19.6 Å². The predicted octanol–water partition coefficient (Wildman–Crippen LogP) is 0.691. The van der Waals surface area contributed by atoms with Crippen LogP contribution in [0.25, 0.3) is 0 Å². The minimum absolute atomic E-state index is 0.0837. The Morgan fingerprint density at radius 3 is 2.24 bits per heavy atom. The summed E-state index contributed by atoms with van der Waals surface area (Å²) in [6, 6.07) is 5.55. The molecular weight excluding hydrogens is 348 g/mol. The molecule has 0 saturated carbocycles. The van der Waals surface area contributed by atoms with E-state index in [0.29, 0.717) is 26.1 Å². The summed E-state index contributed by atoms with van der Waals surface area (Å²) in [6.07, 6.45) is 0.644. The number of carbonyl (C=O) groups excluding carboxylic acids is 1. The molecule has 25 heavy (non-hydrogen) atoms. The lowest BCUT2D eigenvalue weighted by Crippen LogP contribution is -2.53. The van der Waals surface area contributed by atoms with Crippen molar-refractivity contribution in [1.82, 2.24) is 9.62 Å². The zero-order valence-corrected chi connectivity index (χ0v) is 15.0. The molecule has 9 heteroatoms. The first-order valence-corrected chi connectivity index (χ1v) is 9.25. The van der Waals surface area contributed by atoms with Gasteiger partial charge in [0.2, 0.25) is 10.0 Å². The van der Waals surface area contributed by atoms with Gasteiger partial charge in [0.25, 0.3) is 5.91 Å². The van der Waals surface area contributed by atoms with Crippen LogP contribution in [0.4, 0.5) is 0 Å². The fourth-order valence-corrected chi connectivity index (χ4v) is 3.60. The number of nitrogens with zero attached hydrogens (tertiary/aromatic N) is 1. The molecule has 138 valence electrons. The Hall–Kier alpha value is -1.97. The summed E-state index contributed by atoms with van der Waals surface area (Å²) in [5.74, 6) is -1.42. The lowest BCUT2D eigenvalue weighted by molar-refractivity contribution is -0.139. The summed E-state index contributed by atoms with van der Waals surface area (Å²) in [5, 5.41) is 11.9. The molecule has 1 aliphatic heterocycles. The van der Waals surface area contributed by atoms with Crippen molar-refractivity contribution in [3.05, 3.63) is 29.8 Å². The number of benzene rings is 1. The molecular formula is C16H22N2O6S. The first kappa shape index (κ1) is 19.4. The predicted molar refractivity (Wildman–Crippen MR) is 89.8 cm³/mol. The average Bonchev–Trinajstić information content (AvgIpc) is 2.54. The van der Waals surface area contributed by atoms with Gasteiger partial charge in [-0.2, -0.15) is 0 Å². The minimum Gasteiger partial charge on any atom is -0.481 e. The second kappa shape index (κ2) is 7.51. The number of carboxylic acids is 1. The molecule has 2 rings (SSSR count). The van der Waals surface area contributed by atoms with E-state index in [0.717, 1.165) is 4.31 Å². The van der Waals surface area contributed by atoms with Crippen molar-refractivity contribution in [2.75, 3.05) is 27.3 Å². The number of sulfonamides is 1. The van der Waals surface area contributed by atoms with Gasteiger partial charge in [-0.05, 0) is 37.1 Å². The number of aliphatic carboxylic acids is 1. The zero-order chi connectivity index (χ0) is 18.7. The van der Waals surface area contributed by atoms with Gasteiger partial charge in [0, 0.05) is 32.9 Å². The topological polar surface area (TPSA) is 113 Å². The standard InChI is InChI=1S/C16H22N2O6S/c1-18(2)25(22,23)13-5-3-12(4-6-13)15(21)17-16(11-14(19)20)7-9-24-10-8-16/h3-6H,7-11H2,1-2H3,(H,17,21)(H,19,20). The molecule has 1 heterocycles. The van der Waals surface area contributed by atoms with Crippen molar-refractivity contribution < 1.29 is 27.9 Å². The first-order valence-electron chi connectivity index (χ1n) is 7.81. The van der Waals surface area contributed by atoms with E-state index in [2.05, 4.69) is 5.32 Å². The Kier molecular flexibility index (Phi) is 5.81. The van der Waals surface area contributed by atoms with Crippen LogP contribution in [0.5, 0.6) is 0 Å². The van der Waals surface area contributed by atoms with Crippen molar-refractivity contribution in [2.24, 2.45) is 0 Å². The smallest absolute Gasteiger partial charge is 0.305 e. The second-order valence-corrected chi connectivity index (χ2v) is 8.38. The molecule has 0 bridgehead atoms. The van der Waals surface area contributed by atoms with Gasteiger partial charge in [0.1, 0.15) is 0 Å². The number of hydrogen-bond acceptors (Lipinski definition) is 5. The summed E-state index contributed by atoms with van der Waals surface area (Å²) in [7, 11) is -0.712. The van der Waals surface area contributed by atoms with Crippen LogP contribution in [0, 0.1) is 0 Å². The molecule has 0 radical (unpaired) electrons. The molecule has 1 amide bonds. The molecule has 0 aliphatic carbocycles. The molecule has 1 aromatic rings. The Bertz CT molecular complexity index is 736.